The average Bonchev–Trinajstić information content (AvgIpc) is 2.89. The topological polar surface area (TPSA) is 92.8 Å². The summed E-state index contributed by atoms with van der Waals surface area (Å²) in [5.74, 6) is -1.48. The van der Waals surface area contributed by atoms with E-state index in [4.69, 9.17) is 4.74 Å². The summed E-state index contributed by atoms with van der Waals surface area (Å²) >= 11 is 0. The Morgan fingerprint density at radius 1 is 1.00 bits per heavy atom. The van der Waals surface area contributed by atoms with Crippen LogP contribution in [0.3, 0.4) is 0 Å². The molecule has 0 bridgehead atoms. The van der Waals surface area contributed by atoms with Crippen LogP contribution in [0, 0.1) is 6.92 Å². The van der Waals surface area contributed by atoms with Gasteiger partial charge in [0.05, 0.1) is 11.1 Å². The second-order valence-corrected chi connectivity index (χ2v) is 6.12. The van der Waals surface area contributed by atoms with E-state index in [9.17, 15) is 19.2 Å². The van der Waals surface area contributed by atoms with Crippen LogP contribution in [0.5, 0.6) is 5.75 Å². The van der Waals surface area contributed by atoms with Crippen molar-refractivity contribution in [1.29, 1.82) is 0 Å². The standard InChI is InChI=1S/C20H18N2O5/c1-13-5-4-6-14(11-13)27-18(24)12-21-17(23)9-10-22-19(25)15-7-2-3-8-16(15)20(22)26/h2-8,11H,9-10,12H2,1H3,(H,21,23). The largest absolute Gasteiger partial charge is 0.425 e. The molecule has 3 rings (SSSR count). The predicted molar refractivity (Wildman–Crippen MR) is 96.2 cm³/mol. The monoisotopic (exact) mass is 366 g/mol. The molecule has 0 atom stereocenters. The number of benzene rings is 2. The second-order valence-electron chi connectivity index (χ2n) is 6.12. The molecule has 0 spiro atoms. The predicted octanol–water partition coefficient (Wildman–Crippen LogP) is 1.70. The SMILES string of the molecule is Cc1cccc(OC(=O)CNC(=O)CCN2C(=O)c3ccccc3C2=O)c1. The third kappa shape index (κ3) is 4.20. The summed E-state index contributed by atoms with van der Waals surface area (Å²) < 4.78 is 5.13. The van der Waals surface area contributed by atoms with E-state index in [2.05, 4.69) is 5.32 Å². The van der Waals surface area contributed by atoms with E-state index in [0.29, 0.717) is 16.9 Å². The normalized spacial score (nSPS) is 12.7. The summed E-state index contributed by atoms with van der Waals surface area (Å²) in [5.41, 5.74) is 1.62. The molecule has 7 heteroatoms. The first kappa shape index (κ1) is 18.3. The maximum Gasteiger partial charge on any atom is 0.330 e. The van der Waals surface area contributed by atoms with Gasteiger partial charge in [-0.1, -0.05) is 24.3 Å². The van der Waals surface area contributed by atoms with Crippen molar-refractivity contribution in [2.24, 2.45) is 0 Å². The lowest BCUT2D eigenvalue weighted by Gasteiger charge is -2.13. The lowest BCUT2D eigenvalue weighted by molar-refractivity contribution is -0.135. The highest BCUT2D eigenvalue weighted by molar-refractivity contribution is 6.21. The van der Waals surface area contributed by atoms with E-state index in [1.54, 1.807) is 42.5 Å². The van der Waals surface area contributed by atoms with Gasteiger partial charge in [0, 0.05) is 13.0 Å². The van der Waals surface area contributed by atoms with E-state index in [-0.39, 0.29) is 19.5 Å². The Hall–Kier alpha value is -3.48. The number of carbonyl (C=O) groups excluding carboxylic acids is 4. The number of hydrogen-bond donors (Lipinski definition) is 1. The molecule has 0 unspecified atom stereocenters. The van der Waals surface area contributed by atoms with Crippen LogP contribution in [0.4, 0.5) is 0 Å². The molecule has 3 amide bonds. The number of rotatable bonds is 6. The van der Waals surface area contributed by atoms with Crippen molar-refractivity contribution in [3.8, 4) is 5.75 Å². The Bertz CT molecular complexity index is 887. The maximum atomic E-state index is 12.2. The zero-order valence-electron chi connectivity index (χ0n) is 14.7. The Morgan fingerprint density at radius 3 is 2.30 bits per heavy atom. The fourth-order valence-electron chi connectivity index (χ4n) is 2.76. The number of carbonyl (C=O) groups is 4. The van der Waals surface area contributed by atoms with E-state index in [1.807, 2.05) is 13.0 Å². The highest BCUT2D eigenvalue weighted by atomic mass is 16.5. The average molecular weight is 366 g/mol. The van der Waals surface area contributed by atoms with Gasteiger partial charge in [-0.2, -0.15) is 0 Å². The second kappa shape index (κ2) is 7.82. The number of fused-ring (bicyclic) bond motifs is 1. The van der Waals surface area contributed by atoms with Crippen molar-refractivity contribution in [3.05, 3.63) is 65.2 Å². The molecule has 0 aliphatic carbocycles. The van der Waals surface area contributed by atoms with Gasteiger partial charge < -0.3 is 10.1 Å². The third-order valence-corrected chi connectivity index (χ3v) is 4.09. The van der Waals surface area contributed by atoms with Gasteiger partial charge in [-0.3, -0.25) is 19.3 Å². The van der Waals surface area contributed by atoms with Crippen molar-refractivity contribution < 1.29 is 23.9 Å². The number of imide groups is 1. The summed E-state index contributed by atoms with van der Waals surface area (Å²) in [4.78, 5) is 49.2. The number of aryl methyl sites for hydroxylation is 1. The minimum atomic E-state index is -0.602. The van der Waals surface area contributed by atoms with Crippen LogP contribution in [-0.4, -0.2) is 41.7 Å². The van der Waals surface area contributed by atoms with Crippen LogP contribution in [-0.2, 0) is 9.59 Å². The van der Waals surface area contributed by atoms with Crippen molar-refractivity contribution in [3.63, 3.8) is 0 Å². The molecule has 2 aromatic carbocycles. The molecule has 0 saturated heterocycles. The van der Waals surface area contributed by atoms with E-state index >= 15 is 0 Å². The molecule has 0 radical (unpaired) electrons. The smallest absolute Gasteiger partial charge is 0.330 e. The summed E-state index contributed by atoms with van der Waals surface area (Å²) in [5, 5.41) is 2.43. The first-order valence-corrected chi connectivity index (χ1v) is 8.45. The third-order valence-electron chi connectivity index (χ3n) is 4.09. The van der Waals surface area contributed by atoms with Gasteiger partial charge in [-0.15, -0.1) is 0 Å². The van der Waals surface area contributed by atoms with Crippen molar-refractivity contribution in [1.82, 2.24) is 10.2 Å². The Morgan fingerprint density at radius 2 is 1.67 bits per heavy atom. The van der Waals surface area contributed by atoms with Crippen molar-refractivity contribution in [2.45, 2.75) is 13.3 Å². The van der Waals surface area contributed by atoms with Crippen LogP contribution in [0.1, 0.15) is 32.7 Å². The Balaban J connectivity index is 1.46. The number of esters is 1. The lowest BCUT2D eigenvalue weighted by atomic mass is 10.1. The van der Waals surface area contributed by atoms with Gasteiger partial charge in [0.15, 0.2) is 0 Å². The first-order chi connectivity index (χ1) is 13.0. The van der Waals surface area contributed by atoms with Crippen LogP contribution in [0.15, 0.2) is 48.5 Å². The first-order valence-electron chi connectivity index (χ1n) is 8.45. The zero-order valence-corrected chi connectivity index (χ0v) is 14.7. The molecule has 2 aromatic rings. The van der Waals surface area contributed by atoms with Crippen molar-refractivity contribution >= 4 is 23.7 Å². The Labute approximate surface area is 155 Å². The summed E-state index contributed by atoms with van der Waals surface area (Å²) in [7, 11) is 0. The van der Waals surface area contributed by atoms with Gasteiger partial charge in [0.25, 0.3) is 11.8 Å². The number of ether oxygens (including phenoxy) is 1. The summed E-state index contributed by atoms with van der Waals surface area (Å²) in [6, 6.07) is 13.5. The summed E-state index contributed by atoms with van der Waals surface area (Å²) in [6.45, 7) is 1.53. The molecule has 1 heterocycles. The van der Waals surface area contributed by atoms with Gasteiger partial charge >= 0.3 is 5.97 Å². The highest BCUT2D eigenvalue weighted by Gasteiger charge is 2.34. The molecule has 0 aromatic heterocycles. The van der Waals surface area contributed by atoms with E-state index < -0.39 is 23.7 Å². The highest BCUT2D eigenvalue weighted by Crippen LogP contribution is 2.22. The maximum absolute atomic E-state index is 12.2. The Kier molecular flexibility index (Phi) is 5.30. The lowest BCUT2D eigenvalue weighted by Crippen LogP contribution is -2.36. The molecule has 7 nitrogen and oxygen atoms in total. The fraction of sp³-hybridized carbons (Fsp3) is 0.200. The summed E-state index contributed by atoms with van der Waals surface area (Å²) in [6.07, 6.45) is -0.0941. The van der Waals surface area contributed by atoms with Gasteiger partial charge in [0.1, 0.15) is 12.3 Å². The molecule has 0 fully saturated rings. The van der Waals surface area contributed by atoms with Gasteiger partial charge in [-0.05, 0) is 36.8 Å². The molecule has 1 aliphatic heterocycles. The van der Waals surface area contributed by atoms with Crippen molar-refractivity contribution in [2.75, 3.05) is 13.1 Å². The minimum absolute atomic E-state index is 0.0505. The molecule has 0 saturated carbocycles. The quantitative estimate of drug-likeness (QED) is 0.477. The molecular weight excluding hydrogens is 348 g/mol. The van der Waals surface area contributed by atoms with Gasteiger partial charge in [0.2, 0.25) is 5.91 Å². The fourth-order valence-corrected chi connectivity index (χ4v) is 2.76. The van der Waals surface area contributed by atoms with Crippen LogP contribution in [0.25, 0.3) is 0 Å². The van der Waals surface area contributed by atoms with E-state index in [0.717, 1.165) is 10.5 Å². The number of nitrogens with zero attached hydrogens (tertiary/aromatic N) is 1. The van der Waals surface area contributed by atoms with Crippen LogP contribution >= 0.6 is 0 Å². The van der Waals surface area contributed by atoms with E-state index in [1.165, 1.54) is 0 Å². The molecule has 1 aliphatic rings. The van der Waals surface area contributed by atoms with Crippen LogP contribution < -0.4 is 10.1 Å². The number of amides is 3. The minimum Gasteiger partial charge on any atom is -0.425 e. The molecule has 1 N–H and O–H groups in total. The number of nitrogens with one attached hydrogen (secondary N) is 1. The zero-order chi connectivity index (χ0) is 19.4. The number of hydrogen-bond acceptors (Lipinski definition) is 5. The molecular formula is C20H18N2O5. The van der Waals surface area contributed by atoms with Crippen LogP contribution in [0.2, 0.25) is 0 Å². The van der Waals surface area contributed by atoms with Gasteiger partial charge in [-0.25, -0.2) is 4.79 Å². The molecule has 138 valence electrons. The molecule has 27 heavy (non-hydrogen) atoms.